The van der Waals surface area contributed by atoms with Crippen LogP contribution in [0.3, 0.4) is 0 Å². The van der Waals surface area contributed by atoms with Crippen LogP contribution in [0.1, 0.15) is 36.7 Å². The maximum atomic E-state index is 13.0. The third kappa shape index (κ3) is 3.89. The minimum atomic E-state index is -3.90. The minimum Gasteiger partial charge on any atom is -0.495 e. The highest BCUT2D eigenvalue weighted by Crippen LogP contribution is 2.33. The molecule has 30 heavy (non-hydrogen) atoms. The summed E-state index contributed by atoms with van der Waals surface area (Å²) in [5.74, 6) is 0.887. The Morgan fingerprint density at radius 1 is 1.10 bits per heavy atom. The molecule has 0 amide bonds. The summed E-state index contributed by atoms with van der Waals surface area (Å²) < 4.78 is 33.5. The van der Waals surface area contributed by atoms with Crippen LogP contribution < -0.4 is 4.74 Å². The quantitative estimate of drug-likeness (QED) is 0.510. The van der Waals surface area contributed by atoms with Crippen molar-refractivity contribution in [2.24, 2.45) is 0 Å². The fourth-order valence-electron chi connectivity index (χ4n) is 3.39. The third-order valence-corrected chi connectivity index (χ3v) is 6.65. The van der Waals surface area contributed by atoms with E-state index in [1.165, 1.54) is 18.2 Å². The topological polar surface area (TPSA) is 72.1 Å². The summed E-state index contributed by atoms with van der Waals surface area (Å²) in [5.41, 5.74) is 3.38. The molecular formula is C24H24N2O3S. The number of ether oxygens (including phenoxy) is 1. The van der Waals surface area contributed by atoms with E-state index in [0.717, 1.165) is 17.1 Å². The van der Waals surface area contributed by atoms with Gasteiger partial charge in [0.25, 0.3) is 0 Å². The van der Waals surface area contributed by atoms with Gasteiger partial charge in [0.05, 0.1) is 17.7 Å². The smallest absolute Gasteiger partial charge is 0.216 e. The maximum Gasteiger partial charge on any atom is 0.216 e. The van der Waals surface area contributed by atoms with Crippen molar-refractivity contribution in [1.29, 1.82) is 5.26 Å². The van der Waals surface area contributed by atoms with Gasteiger partial charge in [-0.2, -0.15) is 5.26 Å². The lowest BCUT2D eigenvalue weighted by atomic mass is 10.1. The van der Waals surface area contributed by atoms with E-state index >= 15 is 0 Å². The molecule has 0 aliphatic rings. The highest BCUT2D eigenvalue weighted by molar-refractivity contribution is 7.95. The van der Waals surface area contributed by atoms with Crippen LogP contribution in [-0.2, 0) is 9.84 Å². The van der Waals surface area contributed by atoms with Crippen LogP contribution in [0.15, 0.2) is 70.5 Å². The second-order valence-corrected chi connectivity index (χ2v) is 9.13. The second kappa shape index (κ2) is 8.60. The van der Waals surface area contributed by atoms with E-state index in [4.69, 9.17) is 4.74 Å². The zero-order chi connectivity index (χ0) is 21.9. The second-order valence-electron chi connectivity index (χ2n) is 7.21. The van der Waals surface area contributed by atoms with Gasteiger partial charge in [-0.1, -0.05) is 44.2 Å². The van der Waals surface area contributed by atoms with Gasteiger partial charge in [0.15, 0.2) is 0 Å². The molecule has 0 unspecified atom stereocenters. The van der Waals surface area contributed by atoms with Gasteiger partial charge < -0.3 is 9.30 Å². The van der Waals surface area contributed by atoms with Gasteiger partial charge in [-0.3, -0.25) is 0 Å². The Balaban J connectivity index is 2.22. The molecule has 1 heterocycles. The van der Waals surface area contributed by atoms with Crippen LogP contribution in [-0.4, -0.2) is 20.1 Å². The molecule has 0 saturated carbocycles. The molecule has 6 heteroatoms. The molecular weight excluding hydrogens is 396 g/mol. The van der Waals surface area contributed by atoms with Gasteiger partial charge in [0.2, 0.25) is 9.84 Å². The highest BCUT2D eigenvalue weighted by Gasteiger charge is 2.23. The van der Waals surface area contributed by atoms with Crippen molar-refractivity contribution in [2.45, 2.75) is 31.6 Å². The average Bonchev–Trinajstić information content (AvgIpc) is 3.08. The van der Waals surface area contributed by atoms with Crippen LogP contribution in [0.4, 0.5) is 0 Å². The lowest BCUT2D eigenvalue weighted by molar-refractivity contribution is 0.412. The predicted octanol–water partition coefficient (Wildman–Crippen LogP) is 5.26. The number of sulfone groups is 1. The zero-order valence-corrected chi connectivity index (χ0v) is 18.3. The van der Waals surface area contributed by atoms with Gasteiger partial charge in [-0.15, -0.1) is 0 Å². The molecule has 0 aliphatic carbocycles. The van der Waals surface area contributed by atoms with Crippen LogP contribution in [0.2, 0.25) is 0 Å². The van der Waals surface area contributed by atoms with E-state index < -0.39 is 9.84 Å². The number of hydrogen-bond acceptors (Lipinski definition) is 4. The van der Waals surface area contributed by atoms with E-state index in [1.54, 1.807) is 25.3 Å². The van der Waals surface area contributed by atoms with Crippen molar-refractivity contribution in [2.75, 3.05) is 7.11 Å². The summed E-state index contributed by atoms with van der Waals surface area (Å²) in [6, 6.07) is 19.5. The molecule has 3 aromatic rings. The fraction of sp³-hybridized carbons (Fsp3) is 0.208. The summed E-state index contributed by atoms with van der Waals surface area (Å²) in [6.45, 7) is 6.05. The lowest BCUT2D eigenvalue weighted by Gasteiger charge is -2.17. The standard InChI is InChI=1S/C24H24N2O3S/c1-17(2)23-15-19(18(3)26(23)22-12-8-9-13-24(22)29-4)14-21(16-25)30(27,28)20-10-6-5-7-11-20/h5-15,17H,1-4H3/b21-14+. The van der Waals surface area contributed by atoms with Crippen molar-refractivity contribution in [3.63, 3.8) is 0 Å². The van der Waals surface area contributed by atoms with E-state index in [9.17, 15) is 13.7 Å². The van der Waals surface area contributed by atoms with Crippen molar-refractivity contribution < 1.29 is 13.2 Å². The monoisotopic (exact) mass is 420 g/mol. The van der Waals surface area contributed by atoms with Crippen molar-refractivity contribution in [3.05, 3.63) is 82.5 Å². The van der Waals surface area contributed by atoms with Gasteiger partial charge in [-0.05, 0) is 54.8 Å². The number of methoxy groups -OCH3 is 1. The van der Waals surface area contributed by atoms with Gasteiger partial charge in [0.1, 0.15) is 16.7 Å². The number of nitrogens with zero attached hydrogens (tertiary/aromatic N) is 2. The molecule has 0 aliphatic heterocycles. The summed E-state index contributed by atoms with van der Waals surface area (Å²) in [6.07, 6.45) is 1.45. The molecule has 0 fully saturated rings. The Hall–Kier alpha value is -3.30. The molecule has 3 rings (SSSR count). The number of allylic oxidation sites excluding steroid dienone is 1. The molecule has 154 valence electrons. The largest absolute Gasteiger partial charge is 0.495 e. The minimum absolute atomic E-state index is 0.101. The molecule has 2 aromatic carbocycles. The van der Waals surface area contributed by atoms with Crippen molar-refractivity contribution in [3.8, 4) is 17.5 Å². The van der Waals surface area contributed by atoms with Crippen molar-refractivity contribution >= 4 is 15.9 Å². The van der Waals surface area contributed by atoms with Crippen LogP contribution in [0.5, 0.6) is 5.75 Å². The average molecular weight is 421 g/mol. The first kappa shape index (κ1) is 21.4. The maximum absolute atomic E-state index is 13.0. The molecule has 0 N–H and O–H groups in total. The number of hydrogen-bond donors (Lipinski definition) is 0. The van der Waals surface area contributed by atoms with E-state index in [0.29, 0.717) is 11.3 Å². The molecule has 0 bridgehead atoms. The first-order valence-electron chi connectivity index (χ1n) is 9.58. The summed E-state index contributed by atoms with van der Waals surface area (Å²) in [7, 11) is -2.28. The van der Waals surface area contributed by atoms with Crippen LogP contribution in [0, 0.1) is 18.3 Å². The van der Waals surface area contributed by atoms with E-state index in [2.05, 4.69) is 18.4 Å². The number of rotatable bonds is 6. The zero-order valence-electron chi connectivity index (χ0n) is 17.5. The van der Waals surface area contributed by atoms with E-state index in [1.807, 2.05) is 43.3 Å². The predicted molar refractivity (Wildman–Crippen MR) is 118 cm³/mol. The Bertz CT molecular complexity index is 1230. The Morgan fingerprint density at radius 2 is 1.73 bits per heavy atom. The molecule has 0 spiro atoms. The van der Waals surface area contributed by atoms with Gasteiger partial charge in [0, 0.05) is 11.4 Å². The lowest BCUT2D eigenvalue weighted by Crippen LogP contribution is -2.06. The summed E-state index contributed by atoms with van der Waals surface area (Å²) in [4.78, 5) is -0.187. The SMILES string of the molecule is COc1ccccc1-n1c(C(C)C)cc(/C=C(\C#N)S(=O)(=O)c2ccccc2)c1C. The first-order valence-corrected chi connectivity index (χ1v) is 11.1. The highest BCUT2D eigenvalue weighted by atomic mass is 32.2. The van der Waals surface area contributed by atoms with Crippen molar-refractivity contribution in [1.82, 2.24) is 4.57 Å². The Labute approximate surface area is 177 Å². The van der Waals surface area contributed by atoms with E-state index in [-0.39, 0.29) is 15.7 Å². The summed E-state index contributed by atoms with van der Waals surface area (Å²) >= 11 is 0. The molecule has 0 radical (unpaired) electrons. The number of aromatic nitrogens is 1. The molecule has 1 aromatic heterocycles. The summed E-state index contributed by atoms with van der Waals surface area (Å²) in [5, 5.41) is 9.64. The Morgan fingerprint density at radius 3 is 2.33 bits per heavy atom. The third-order valence-electron chi connectivity index (χ3n) is 4.97. The first-order chi connectivity index (χ1) is 14.3. The number of para-hydroxylation sites is 2. The number of benzene rings is 2. The van der Waals surface area contributed by atoms with Gasteiger partial charge >= 0.3 is 0 Å². The van der Waals surface area contributed by atoms with Crippen LogP contribution in [0.25, 0.3) is 11.8 Å². The molecule has 0 saturated heterocycles. The Kier molecular flexibility index (Phi) is 6.14. The fourth-order valence-corrected chi connectivity index (χ4v) is 4.57. The molecule has 5 nitrogen and oxygen atoms in total. The van der Waals surface area contributed by atoms with Crippen LogP contribution >= 0.6 is 0 Å². The number of nitriles is 1. The normalized spacial score (nSPS) is 12.1. The molecule has 0 atom stereocenters. The van der Waals surface area contributed by atoms with Gasteiger partial charge in [-0.25, -0.2) is 8.42 Å².